The molecular formula is C18H18FN3O3. The monoisotopic (exact) mass is 343 g/mol. The first kappa shape index (κ1) is 16.8. The molecule has 0 saturated carbocycles. The molecule has 25 heavy (non-hydrogen) atoms. The van der Waals surface area contributed by atoms with E-state index in [0.717, 1.165) is 11.3 Å². The number of hydrogen-bond donors (Lipinski definition) is 2. The summed E-state index contributed by atoms with van der Waals surface area (Å²) in [7, 11) is 1.61. The van der Waals surface area contributed by atoms with Crippen molar-refractivity contribution in [2.75, 3.05) is 13.7 Å². The van der Waals surface area contributed by atoms with E-state index >= 15 is 0 Å². The van der Waals surface area contributed by atoms with Gasteiger partial charge < -0.3 is 15.0 Å². The van der Waals surface area contributed by atoms with Crippen LogP contribution in [0.3, 0.4) is 0 Å². The Morgan fingerprint density at radius 3 is 2.72 bits per heavy atom. The van der Waals surface area contributed by atoms with E-state index in [4.69, 9.17) is 4.74 Å². The third-order valence-corrected chi connectivity index (χ3v) is 3.93. The minimum Gasteiger partial charge on any atom is -0.497 e. The Morgan fingerprint density at radius 2 is 2.00 bits per heavy atom. The van der Waals surface area contributed by atoms with Gasteiger partial charge >= 0.3 is 5.69 Å². The summed E-state index contributed by atoms with van der Waals surface area (Å²) >= 11 is 0. The predicted octanol–water partition coefficient (Wildman–Crippen LogP) is 1.84. The summed E-state index contributed by atoms with van der Waals surface area (Å²) in [5.74, 6) is 0.0635. The molecule has 130 valence electrons. The molecule has 0 aliphatic carbocycles. The number of halogens is 1. The van der Waals surface area contributed by atoms with Crippen LogP contribution in [-0.4, -0.2) is 29.1 Å². The molecular weight excluding hydrogens is 325 g/mol. The SMILES string of the molecule is COc1ccc(CCNC(=O)Cn2c(=O)[nH]c3cc(F)ccc32)cc1. The summed E-state index contributed by atoms with van der Waals surface area (Å²) in [5.41, 5.74) is 1.50. The minimum absolute atomic E-state index is 0.118. The quantitative estimate of drug-likeness (QED) is 0.717. The summed E-state index contributed by atoms with van der Waals surface area (Å²) < 4.78 is 19.6. The number of benzene rings is 2. The zero-order chi connectivity index (χ0) is 17.8. The number of imidazole rings is 1. The molecule has 6 nitrogen and oxygen atoms in total. The van der Waals surface area contributed by atoms with Gasteiger partial charge in [-0.25, -0.2) is 9.18 Å². The van der Waals surface area contributed by atoms with Crippen molar-refractivity contribution < 1.29 is 13.9 Å². The number of carbonyl (C=O) groups excluding carboxylic acids is 1. The molecule has 1 heterocycles. The van der Waals surface area contributed by atoms with Crippen LogP contribution in [0.4, 0.5) is 4.39 Å². The van der Waals surface area contributed by atoms with Gasteiger partial charge in [-0.1, -0.05) is 12.1 Å². The van der Waals surface area contributed by atoms with Crippen molar-refractivity contribution in [3.05, 3.63) is 64.3 Å². The average Bonchev–Trinajstić information content (AvgIpc) is 2.90. The van der Waals surface area contributed by atoms with Crippen LogP contribution in [0.25, 0.3) is 11.0 Å². The van der Waals surface area contributed by atoms with E-state index in [1.807, 2.05) is 24.3 Å². The van der Waals surface area contributed by atoms with Crippen LogP contribution < -0.4 is 15.7 Å². The zero-order valence-corrected chi connectivity index (χ0v) is 13.7. The molecule has 0 aliphatic rings. The van der Waals surface area contributed by atoms with Crippen molar-refractivity contribution >= 4 is 16.9 Å². The number of H-pyrrole nitrogens is 1. The van der Waals surface area contributed by atoms with Gasteiger partial charge in [0.05, 0.1) is 18.1 Å². The highest BCUT2D eigenvalue weighted by atomic mass is 19.1. The van der Waals surface area contributed by atoms with Gasteiger partial charge in [0.25, 0.3) is 0 Å². The molecule has 0 unspecified atom stereocenters. The highest BCUT2D eigenvalue weighted by molar-refractivity contribution is 5.80. The summed E-state index contributed by atoms with van der Waals surface area (Å²) in [6.07, 6.45) is 0.670. The van der Waals surface area contributed by atoms with Gasteiger partial charge in [0.15, 0.2) is 0 Å². The van der Waals surface area contributed by atoms with Gasteiger partial charge in [-0.15, -0.1) is 0 Å². The Kier molecular flexibility index (Phi) is 4.83. The Labute approximate surface area is 143 Å². The van der Waals surface area contributed by atoms with Crippen molar-refractivity contribution in [3.8, 4) is 5.75 Å². The van der Waals surface area contributed by atoms with Crippen LogP contribution in [0.2, 0.25) is 0 Å². The van der Waals surface area contributed by atoms with E-state index in [0.29, 0.717) is 24.0 Å². The predicted molar refractivity (Wildman–Crippen MR) is 92.2 cm³/mol. The Morgan fingerprint density at radius 1 is 1.24 bits per heavy atom. The largest absolute Gasteiger partial charge is 0.497 e. The van der Waals surface area contributed by atoms with Gasteiger partial charge in [-0.2, -0.15) is 0 Å². The second kappa shape index (κ2) is 7.21. The molecule has 0 atom stereocenters. The Hall–Kier alpha value is -3.09. The average molecular weight is 343 g/mol. The van der Waals surface area contributed by atoms with Gasteiger partial charge in [-0.05, 0) is 42.3 Å². The maximum atomic E-state index is 13.2. The number of fused-ring (bicyclic) bond motifs is 1. The van der Waals surface area contributed by atoms with Gasteiger partial charge in [0, 0.05) is 6.54 Å². The lowest BCUT2D eigenvalue weighted by atomic mass is 10.1. The molecule has 0 radical (unpaired) electrons. The number of methoxy groups -OCH3 is 1. The lowest BCUT2D eigenvalue weighted by molar-refractivity contribution is -0.121. The number of hydrogen-bond acceptors (Lipinski definition) is 3. The number of ether oxygens (including phenoxy) is 1. The van der Waals surface area contributed by atoms with Crippen LogP contribution in [-0.2, 0) is 17.8 Å². The first-order valence-corrected chi connectivity index (χ1v) is 7.84. The van der Waals surface area contributed by atoms with E-state index in [1.165, 1.54) is 22.8 Å². The van der Waals surface area contributed by atoms with E-state index in [1.54, 1.807) is 7.11 Å². The summed E-state index contributed by atoms with van der Waals surface area (Å²) in [6.45, 7) is 0.337. The van der Waals surface area contributed by atoms with E-state index in [2.05, 4.69) is 10.3 Å². The summed E-state index contributed by atoms with van der Waals surface area (Å²) in [5, 5.41) is 2.78. The molecule has 2 aromatic carbocycles. The summed E-state index contributed by atoms with van der Waals surface area (Å²) in [6, 6.07) is 11.6. The zero-order valence-electron chi connectivity index (χ0n) is 13.7. The van der Waals surface area contributed by atoms with Crippen molar-refractivity contribution in [1.82, 2.24) is 14.9 Å². The van der Waals surface area contributed by atoms with E-state index in [9.17, 15) is 14.0 Å². The number of nitrogens with zero attached hydrogens (tertiary/aromatic N) is 1. The lowest BCUT2D eigenvalue weighted by Crippen LogP contribution is -2.32. The van der Waals surface area contributed by atoms with Crippen LogP contribution in [0.15, 0.2) is 47.3 Å². The number of aromatic amines is 1. The highest BCUT2D eigenvalue weighted by Gasteiger charge is 2.11. The van der Waals surface area contributed by atoms with Crippen molar-refractivity contribution in [2.24, 2.45) is 0 Å². The standard InChI is InChI=1S/C18H18FN3O3/c1-25-14-5-2-12(3-6-14)8-9-20-17(23)11-22-16-7-4-13(19)10-15(16)21-18(22)24/h2-7,10H,8-9,11H2,1H3,(H,20,23)(H,21,24). The molecule has 0 aliphatic heterocycles. The second-order valence-corrected chi connectivity index (χ2v) is 5.63. The molecule has 0 fully saturated rings. The maximum Gasteiger partial charge on any atom is 0.326 e. The van der Waals surface area contributed by atoms with E-state index < -0.39 is 11.5 Å². The Balaban J connectivity index is 1.59. The molecule has 3 rings (SSSR count). The molecule has 0 bridgehead atoms. The number of carbonyl (C=O) groups is 1. The van der Waals surface area contributed by atoms with E-state index in [-0.39, 0.29) is 12.5 Å². The van der Waals surface area contributed by atoms with Gasteiger partial charge in [0.2, 0.25) is 5.91 Å². The number of nitrogens with one attached hydrogen (secondary N) is 2. The molecule has 7 heteroatoms. The van der Waals surface area contributed by atoms with Gasteiger partial charge in [-0.3, -0.25) is 9.36 Å². The molecule has 1 amide bonds. The third-order valence-electron chi connectivity index (χ3n) is 3.93. The normalized spacial score (nSPS) is 10.8. The first-order chi connectivity index (χ1) is 12.1. The van der Waals surface area contributed by atoms with Crippen LogP contribution in [0.1, 0.15) is 5.56 Å². The van der Waals surface area contributed by atoms with Crippen molar-refractivity contribution in [3.63, 3.8) is 0 Å². The van der Waals surface area contributed by atoms with Crippen LogP contribution in [0.5, 0.6) is 5.75 Å². The van der Waals surface area contributed by atoms with Crippen molar-refractivity contribution in [1.29, 1.82) is 0 Å². The molecule has 0 spiro atoms. The molecule has 2 N–H and O–H groups in total. The smallest absolute Gasteiger partial charge is 0.326 e. The fraction of sp³-hybridized carbons (Fsp3) is 0.222. The summed E-state index contributed by atoms with van der Waals surface area (Å²) in [4.78, 5) is 26.6. The van der Waals surface area contributed by atoms with Crippen LogP contribution in [0, 0.1) is 5.82 Å². The minimum atomic E-state index is -0.440. The number of rotatable bonds is 6. The number of amides is 1. The maximum absolute atomic E-state index is 13.2. The fourth-order valence-corrected chi connectivity index (χ4v) is 2.63. The molecule has 1 aromatic heterocycles. The number of aromatic nitrogens is 2. The fourth-order valence-electron chi connectivity index (χ4n) is 2.63. The van der Waals surface area contributed by atoms with Crippen LogP contribution >= 0.6 is 0 Å². The Bertz CT molecular complexity index is 944. The first-order valence-electron chi connectivity index (χ1n) is 7.84. The highest BCUT2D eigenvalue weighted by Crippen LogP contribution is 2.12. The topological polar surface area (TPSA) is 76.1 Å². The molecule has 3 aromatic rings. The van der Waals surface area contributed by atoms with Crippen molar-refractivity contribution in [2.45, 2.75) is 13.0 Å². The van der Waals surface area contributed by atoms with Gasteiger partial charge in [0.1, 0.15) is 18.1 Å². The third kappa shape index (κ3) is 3.88. The second-order valence-electron chi connectivity index (χ2n) is 5.63. The molecule has 0 saturated heterocycles. The lowest BCUT2D eigenvalue weighted by Gasteiger charge is -2.07.